The fourth-order valence-corrected chi connectivity index (χ4v) is 5.81. The summed E-state index contributed by atoms with van der Waals surface area (Å²) in [5.74, 6) is 2.93. The van der Waals surface area contributed by atoms with E-state index in [0.29, 0.717) is 5.92 Å². The minimum atomic E-state index is -0.0785. The van der Waals surface area contributed by atoms with E-state index in [-0.39, 0.29) is 5.82 Å². The molecule has 0 spiro atoms. The number of hydrogen-bond acceptors (Lipinski definition) is 0. The third kappa shape index (κ3) is 4.77. The number of aryl methyl sites for hydroxylation is 1. The Morgan fingerprint density at radius 2 is 1.73 bits per heavy atom. The average molecular weight is 403 g/mol. The Morgan fingerprint density at radius 3 is 2.47 bits per heavy atom. The average Bonchev–Trinajstić information content (AvgIpc) is 2.78. The molecule has 2 aliphatic rings. The second-order valence-corrected chi connectivity index (χ2v) is 9.39. The highest BCUT2D eigenvalue weighted by Gasteiger charge is 2.35. The number of fused-ring (bicyclic) bond motifs is 1. The molecule has 2 saturated carbocycles. The summed E-state index contributed by atoms with van der Waals surface area (Å²) >= 11 is 0. The van der Waals surface area contributed by atoms with Crippen molar-refractivity contribution >= 4 is 0 Å². The summed E-state index contributed by atoms with van der Waals surface area (Å²) in [6, 6.07) is 14.3. The summed E-state index contributed by atoms with van der Waals surface area (Å²) in [7, 11) is 0. The van der Waals surface area contributed by atoms with Crippen LogP contribution in [0.5, 0.6) is 0 Å². The number of halogens is 1. The Kier molecular flexibility index (Phi) is 6.87. The summed E-state index contributed by atoms with van der Waals surface area (Å²) in [6.45, 7) is 5.92. The largest absolute Gasteiger partial charge is 0.206 e. The molecule has 0 radical (unpaired) electrons. The molecule has 2 aromatic rings. The van der Waals surface area contributed by atoms with Crippen LogP contribution in [0.4, 0.5) is 4.39 Å². The van der Waals surface area contributed by atoms with Gasteiger partial charge in [-0.3, -0.25) is 0 Å². The summed E-state index contributed by atoms with van der Waals surface area (Å²) in [5, 5.41) is 0. The fraction of sp³-hybridized carbons (Fsp3) is 0.448. The van der Waals surface area contributed by atoms with Crippen molar-refractivity contribution in [2.24, 2.45) is 17.8 Å². The lowest BCUT2D eigenvalue weighted by atomic mass is 9.64. The first-order valence-corrected chi connectivity index (χ1v) is 11.8. The van der Waals surface area contributed by atoms with E-state index < -0.39 is 0 Å². The third-order valence-corrected chi connectivity index (χ3v) is 7.48. The van der Waals surface area contributed by atoms with Crippen LogP contribution in [0.2, 0.25) is 0 Å². The van der Waals surface area contributed by atoms with E-state index in [1.54, 1.807) is 0 Å². The predicted octanol–water partition coefficient (Wildman–Crippen LogP) is 8.49. The normalized spacial score (nSPS) is 26.5. The molecule has 0 heterocycles. The standard InChI is InChI=1S/C29H35F/c1-3-5-7-21-8-11-23(12-9-21)28-17-16-27(20-29(28)30)26-15-14-24-18-22(6-4-2)10-13-25(24)19-26/h3-4,6,8-9,11-12,16-17,20,22,24-26H,1,5,7,10,13-15,18-19H2,2H3/b6-4+. The highest BCUT2D eigenvalue weighted by atomic mass is 19.1. The van der Waals surface area contributed by atoms with Crippen LogP contribution in [-0.4, -0.2) is 0 Å². The maximum absolute atomic E-state index is 15.0. The fourth-order valence-electron chi connectivity index (χ4n) is 5.81. The van der Waals surface area contributed by atoms with Gasteiger partial charge in [0.2, 0.25) is 0 Å². The van der Waals surface area contributed by atoms with Crippen LogP contribution >= 0.6 is 0 Å². The van der Waals surface area contributed by atoms with E-state index in [4.69, 9.17) is 0 Å². The van der Waals surface area contributed by atoms with E-state index in [9.17, 15) is 0 Å². The molecule has 0 saturated heterocycles. The predicted molar refractivity (Wildman–Crippen MR) is 126 cm³/mol. The van der Waals surface area contributed by atoms with Crippen molar-refractivity contribution in [3.05, 3.63) is 84.2 Å². The van der Waals surface area contributed by atoms with Crippen molar-refractivity contribution in [3.8, 4) is 11.1 Å². The Morgan fingerprint density at radius 1 is 0.967 bits per heavy atom. The van der Waals surface area contributed by atoms with Gasteiger partial charge in [0.05, 0.1) is 0 Å². The molecule has 0 N–H and O–H groups in total. The minimum absolute atomic E-state index is 0.0785. The molecule has 2 aromatic carbocycles. The molecule has 4 atom stereocenters. The van der Waals surface area contributed by atoms with Crippen LogP contribution in [0.15, 0.2) is 67.3 Å². The molecule has 2 aliphatic carbocycles. The van der Waals surface area contributed by atoms with Crippen molar-refractivity contribution in [1.29, 1.82) is 0 Å². The van der Waals surface area contributed by atoms with E-state index in [0.717, 1.165) is 41.7 Å². The van der Waals surface area contributed by atoms with Crippen LogP contribution in [0.1, 0.15) is 68.9 Å². The summed E-state index contributed by atoms with van der Waals surface area (Å²) < 4.78 is 15.0. The van der Waals surface area contributed by atoms with Crippen LogP contribution < -0.4 is 0 Å². The smallest absolute Gasteiger partial charge is 0.131 e. The number of rotatable bonds is 6. The molecule has 158 valence electrons. The minimum Gasteiger partial charge on any atom is -0.206 e. The summed E-state index contributed by atoms with van der Waals surface area (Å²) in [4.78, 5) is 0. The molecule has 0 nitrogen and oxygen atoms in total. The molecule has 4 unspecified atom stereocenters. The molecule has 0 aromatic heterocycles. The van der Waals surface area contributed by atoms with Crippen molar-refractivity contribution in [2.75, 3.05) is 0 Å². The Hall–Kier alpha value is -2.15. The lowest BCUT2D eigenvalue weighted by molar-refractivity contribution is 0.133. The van der Waals surface area contributed by atoms with Gasteiger partial charge in [-0.1, -0.05) is 54.6 Å². The molecule has 0 amide bonds. The molecule has 2 fully saturated rings. The number of hydrogen-bond donors (Lipinski definition) is 0. The monoisotopic (exact) mass is 402 g/mol. The molecular formula is C29H35F. The van der Waals surface area contributed by atoms with Gasteiger partial charge in [0, 0.05) is 5.56 Å². The topological polar surface area (TPSA) is 0 Å². The van der Waals surface area contributed by atoms with Crippen LogP contribution in [0.25, 0.3) is 11.1 Å². The van der Waals surface area contributed by atoms with Crippen LogP contribution in [-0.2, 0) is 6.42 Å². The molecule has 1 heteroatoms. The first kappa shape index (κ1) is 21.1. The highest BCUT2D eigenvalue weighted by molar-refractivity contribution is 5.65. The lowest BCUT2D eigenvalue weighted by Crippen LogP contribution is -2.30. The van der Waals surface area contributed by atoms with E-state index in [2.05, 4.69) is 43.9 Å². The van der Waals surface area contributed by atoms with Gasteiger partial charge in [0.25, 0.3) is 0 Å². The summed E-state index contributed by atoms with van der Waals surface area (Å²) in [5.41, 5.74) is 4.16. The third-order valence-electron chi connectivity index (χ3n) is 7.48. The van der Waals surface area contributed by atoms with Crippen LogP contribution in [0.3, 0.4) is 0 Å². The van der Waals surface area contributed by atoms with Gasteiger partial charge in [-0.2, -0.15) is 0 Å². The summed E-state index contributed by atoms with van der Waals surface area (Å²) in [6.07, 6.45) is 16.3. The van der Waals surface area contributed by atoms with Gasteiger partial charge in [0.15, 0.2) is 0 Å². The quantitative estimate of drug-likeness (QED) is 0.425. The molecule has 4 rings (SSSR count). The van der Waals surface area contributed by atoms with Gasteiger partial charge in [-0.15, -0.1) is 6.58 Å². The molecule has 0 aliphatic heterocycles. The van der Waals surface area contributed by atoms with Gasteiger partial charge < -0.3 is 0 Å². The number of benzene rings is 2. The number of allylic oxidation sites excluding steroid dienone is 3. The van der Waals surface area contributed by atoms with Crippen molar-refractivity contribution in [1.82, 2.24) is 0 Å². The van der Waals surface area contributed by atoms with Gasteiger partial charge in [-0.25, -0.2) is 4.39 Å². The van der Waals surface area contributed by atoms with Crippen molar-refractivity contribution < 1.29 is 4.39 Å². The Labute approximate surface area is 181 Å². The highest BCUT2D eigenvalue weighted by Crippen LogP contribution is 2.48. The Bertz CT molecular complexity index is 876. The van der Waals surface area contributed by atoms with E-state index in [1.165, 1.54) is 49.7 Å². The van der Waals surface area contributed by atoms with Crippen molar-refractivity contribution in [3.63, 3.8) is 0 Å². The maximum Gasteiger partial charge on any atom is 0.131 e. The van der Waals surface area contributed by atoms with Gasteiger partial charge >= 0.3 is 0 Å². The Balaban J connectivity index is 1.43. The zero-order chi connectivity index (χ0) is 20.9. The second-order valence-electron chi connectivity index (χ2n) is 9.39. The maximum atomic E-state index is 15.0. The van der Waals surface area contributed by atoms with E-state index in [1.807, 2.05) is 30.3 Å². The van der Waals surface area contributed by atoms with Crippen LogP contribution in [0, 0.1) is 23.6 Å². The first-order valence-electron chi connectivity index (χ1n) is 11.8. The molecule has 0 bridgehead atoms. The zero-order valence-corrected chi connectivity index (χ0v) is 18.3. The zero-order valence-electron chi connectivity index (χ0n) is 18.3. The van der Waals surface area contributed by atoms with Gasteiger partial charge in [-0.05, 0) is 105 Å². The molecular weight excluding hydrogens is 367 g/mol. The first-order chi connectivity index (χ1) is 14.7. The second kappa shape index (κ2) is 9.77. The lowest BCUT2D eigenvalue weighted by Gasteiger charge is -2.41. The molecule has 30 heavy (non-hydrogen) atoms. The van der Waals surface area contributed by atoms with E-state index >= 15 is 4.39 Å². The van der Waals surface area contributed by atoms with Gasteiger partial charge in [0.1, 0.15) is 5.82 Å². The van der Waals surface area contributed by atoms with Crippen molar-refractivity contribution in [2.45, 2.75) is 64.2 Å². The SMILES string of the molecule is C=CCCc1ccc(-c2ccc(C3CCC4CC(/C=C/C)CCC4C3)cc2F)cc1.